The average molecular weight is 421 g/mol. The first-order valence-electron chi connectivity index (χ1n) is 10.4. The van der Waals surface area contributed by atoms with Crippen molar-refractivity contribution in [1.29, 1.82) is 0 Å². The molecule has 0 unspecified atom stereocenters. The van der Waals surface area contributed by atoms with Gasteiger partial charge in [-0.2, -0.15) is 0 Å². The van der Waals surface area contributed by atoms with E-state index in [-0.39, 0.29) is 11.5 Å². The SMILES string of the molecule is CCN(CC)Cc1cc(CNNC(=O)c2ccc(C(=O)NO)cc2)c2ccccc2c1. The second kappa shape index (κ2) is 10.7. The minimum atomic E-state index is -0.624. The largest absolute Gasteiger partial charge is 0.300 e. The minimum Gasteiger partial charge on any atom is -0.300 e. The van der Waals surface area contributed by atoms with Gasteiger partial charge in [0.2, 0.25) is 0 Å². The van der Waals surface area contributed by atoms with Crippen LogP contribution in [0, 0.1) is 0 Å². The summed E-state index contributed by atoms with van der Waals surface area (Å²) in [6.45, 7) is 7.66. The van der Waals surface area contributed by atoms with Gasteiger partial charge in [-0.15, -0.1) is 0 Å². The summed E-state index contributed by atoms with van der Waals surface area (Å²) in [5, 5.41) is 11.0. The molecule has 3 aromatic carbocycles. The summed E-state index contributed by atoms with van der Waals surface area (Å²) >= 11 is 0. The van der Waals surface area contributed by atoms with E-state index in [1.54, 1.807) is 5.48 Å². The molecule has 0 atom stereocenters. The number of hydroxylamine groups is 1. The molecule has 0 aliphatic carbocycles. The lowest BCUT2D eigenvalue weighted by molar-refractivity contribution is 0.0706. The van der Waals surface area contributed by atoms with Gasteiger partial charge in [-0.1, -0.05) is 44.2 Å². The molecule has 7 heteroatoms. The minimum absolute atomic E-state index is 0.267. The van der Waals surface area contributed by atoms with Gasteiger partial charge in [0.25, 0.3) is 11.8 Å². The van der Waals surface area contributed by atoms with Crippen molar-refractivity contribution < 1.29 is 14.8 Å². The summed E-state index contributed by atoms with van der Waals surface area (Å²) in [5.41, 5.74) is 10.3. The van der Waals surface area contributed by atoms with Crippen LogP contribution >= 0.6 is 0 Å². The van der Waals surface area contributed by atoms with Crippen LogP contribution in [0.4, 0.5) is 0 Å². The molecule has 0 aliphatic rings. The number of hydrogen-bond acceptors (Lipinski definition) is 5. The van der Waals surface area contributed by atoms with Crippen LogP contribution in [-0.4, -0.2) is 35.0 Å². The number of hydrazine groups is 1. The van der Waals surface area contributed by atoms with Crippen LogP contribution < -0.4 is 16.3 Å². The van der Waals surface area contributed by atoms with E-state index in [9.17, 15) is 9.59 Å². The van der Waals surface area contributed by atoms with Crippen LogP contribution in [0.15, 0.2) is 60.7 Å². The fourth-order valence-corrected chi connectivity index (χ4v) is 3.53. The Morgan fingerprint density at radius 2 is 1.55 bits per heavy atom. The zero-order chi connectivity index (χ0) is 22.2. The Morgan fingerprint density at radius 3 is 2.19 bits per heavy atom. The number of nitrogens with zero attached hydrogens (tertiary/aromatic N) is 1. The molecule has 0 saturated heterocycles. The van der Waals surface area contributed by atoms with E-state index >= 15 is 0 Å². The van der Waals surface area contributed by atoms with Crippen molar-refractivity contribution in [2.45, 2.75) is 26.9 Å². The molecule has 0 radical (unpaired) electrons. The van der Waals surface area contributed by atoms with Crippen LogP contribution in [0.2, 0.25) is 0 Å². The van der Waals surface area contributed by atoms with Gasteiger partial charge in [0, 0.05) is 24.2 Å². The third-order valence-electron chi connectivity index (χ3n) is 5.30. The maximum Gasteiger partial charge on any atom is 0.274 e. The van der Waals surface area contributed by atoms with Gasteiger partial charge < -0.3 is 0 Å². The summed E-state index contributed by atoms with van der Waals surface area (Å²) in [4.78, 5) is 26.2. The Labute approximate surface area is 182 Å². The molecule has 0 aromatic heterocycles. The van der Waals surface area contributed by atoms with Crippen LogP contribution in [0.5, 0.6) is 0 Å². The van der Waals surface area contributed by atoms with Gasteiger partial charge in [0.1, 0.15) is 0 Å². The fourth-order valence-electron chi connectivity index (χ4n) is 3.53. The number of carbonyl (C=O) groups excluding carboxylic acids is 2. The zero-order valence-corrected chi connectivity index (χ0v) is 17.8. The highest BCUT2D eigenvalue weighted by atomic mass is 16.5. The highest BCUT2D eigenvalue weighted by molar-refractivity contribution is 5.97. The van der Waals surface area contributed by atoms with Gasteiger partial charge in [-0.25, -0.2) is 10.9 Å². The predicted octanol–water partition coefficient (Wildman–Crippen LogP) is 3.24. The standard InChI is InChI=1S/C24H28N4O3/c1-3-28(4-2)16-17-13-20-7-5-6-8-22(20)21(14-17)15-25-26-23(29)18-9-11-19(12-10-18)24(30)27-31/h5-14,25,31H,3-4,15-16H2,1-2H3,(H,26,29)(H,27,30). The Hall–Kier alpha value is -3.26. The van der Waals surface area contributed by atoms with Crippen LogP contribution in [0.25, 0.3) is 10.8 Å². The predicted molar refractivity (Wildman–Crippen MR) is 121 cm³/mol. The topological polar surface area (TPSA) is 93.7 Å². The number of rotatable bonds is 9. The number of hydrogen-bond donors (Lipinski definition) is 4. The normalized spacial score (nSPS) is 11.0. The number of benzene rings is 3. The molecular formula is C24H28N4O3. The number of carbonyl (C=O) groups is 2. The first kappa shape index (κ1) is 22.4. The molecule has 0 spiro atoms. The number of fused-ring (bicyclic) bond motifs is 1. The first-order valence-corrected chi connectivity index (χ1v) is 10.4. The molecule has 7 nitrogen and oxygen atoms in total. The number of amides is 2. The van der Waals surface area contributed by atoms with E-state index in [4.69, 9.17) is 5.21 Å². The van der Waals surface area contributed by atoms with E-state index in [0.717, 1.165) is 30.6 Å². The monoisotopic (exact) mass is 420 g/mol. The molecule has 31 heavy (non-hydrogen) atoms. The van der Waals surface area contributed by atoms with Gasteiger partial charge in [-0.05, 0) is 65.3 Å². The van der Waals surface area contributed by atoms with E-state index < -0.39 is 5.91 Å². The average Bonchev–Trinajstić information content (AvgIpc) is 2.82. The van der Waals surface area contributed by atoms with Crippen molar-refractivity contribution >= 4 is 22.6 Å². The maximum absolute atomic E-state index is 12.4. The summed E-state index contributed by atoms with van der Waals surface area (Å²) in [6.07, 6.45) is 0. The van der Waals surface area contributed by atoms with Crippen molar-refractivity contribution in [1.82, 2.24) is 21.2 Å². The van der Waals surface area contributed by atoms with Crippen molar-refractivity contribution in [3.8, 4) is 0 Å². The molecule has 0 aliphatic heterocycles. The van der Waals surface area contributed by atoms with Gasteiger partial charge >= 0.3 is 0 Å². The molecular weight excluding hydrogens is 392 g/mol. The molecule has 2 amide bonds. The van der Waals surface area contributed by atoms with Crippen LogP contribution in [-0.2, 0) is 13.1 Å². The molecule has 0 saturated carbocycles. The summed E-state index contributed by atoms with van der Waals surface area (Å²) in [7, 11) is 0. The van der Waals surface area contributed by atoms with Gasteiger partial charge in [0.05, 0.1) is 0 Å². The maximum atomic E-state index is 12.4. The Morgan fingerprint density at radius 1 is 0.903 bits per heavy atom. The molecule has 162 valence electrons. The molecule has 3 aromatic rings. The van der Waals surface area contributed by atoms with E-state index in [1.807, 2.05) is 12.1 Å². The highest BCUT2D eigenvalue weighted by Gasteiger charge is 2.10. The Kier molecular flexibility index (Phi) is 7.72. The summed E-state index contributed by atoms with van der Waals surface area (Å²) < 4.78 is 0. The first-order chi connectivity index (χ1) is 15.0. The Bertz CT molecular complexity index is 1050. The summed E-state index contributed by atoms with van der Waals surface area (Å²) in [5.74, 6) is -0.930. The van der Waals surface area contributed by atoms with Crippen LogP contribution in [0.1, 0.15) is 45.7 Å². The van der Waals surface area contributed by atoms with E-state index in [1.165, 1.54) is 35.2 Å². The zero-order valence-electron chi connectivity index (χ0n) is 17.8. The molecule has 0 fully saturated rings. The van der Waals surface area contributed by atoms with Crippen LogP contribution in [0.3, 0.4) is 0 Å². The quantitative estimate of drug-likeness (QED) is 0.315. The third kappa shape index (κ3) is 5.67. The van der Waals surface area contributed by atoms with E-state index in [0.29, 0.717) is 12.1 Å². The van der Waals surface area contributed by atoms with Crippen molar-refractivity contribution in [3.63, 3.8) is 0 Å². The van der Waals surface area contributed by atoms with Crippen molar-refractivity contribution in [2.24, 2.45) is 0 Å². The molecule has 4 N–H and O–H groups in total. The van der Waals surface area contributed by atoms with Gasteiger partial charge in [-0.3, -0.25) is 25.1 Å². The highest BCUT2D eigenvalue weighted by Crippen LogP contribution is 2.22. The lowest BCUT2D eigenvalue weighted by Crippen LogP contribution is -2.37. The fraction of sp³-hybridized carbons (Fsp3) is 0.250. The van der Waals surface area contributed by atoms with Crippen molar-refractivity contribution in [3.05, 3.63) is 82.9 Å². The Balaban J connectivity index is 1.69. The number of nitrogens with one attached hydrogen (secondary N) is 3. The molecule has 0 bridgehead atoms. The molecule has 0 heterocycles. The second-order valence-corrected chi connectivity index (χ2v) is 7.26. The smallest absolute Gasteiger partial charge is 0.274 e. The third-order valence-corrected chi connectivity index (χ3v) is 5.30. The summed E-state index contributed by atoms with van der Waals surface area (Å²) in [6, 6.07) is 18.6. The molecule has 3 rings (SSSR count). The van der Waals surface area contributed by atoms with E-state index in [2.05, 4.69) is 53.9 Å². The van der Waals surface area contributed by atoms with Gasteiger partial charge in [0.15, 0.2) is 0 Å². The lowest BCUT2D eigenvalue weighted by Gasteiger charge is -2.19. The lowest BCUT2D eigenvalue weighted by atomic mass is 10.0. The van der Waals surface area contributed by atoms with Crippen molar-refractivity contribution in [2.75, 3.05) is 13.1 Å². The second-order valence-electron chi connectivity index (χ2n) is 7.26.